The average molecular weight is 329 g/mol. The van der Waals surface area contributed by atoms with E-state index < -0.39 is 0 Å². The van der Waals surface area contributed by atoms with Gasteiger partial charge in [-0.1, -0.05) is 50.7 Å². The molecule has 0 radical (unpaired) electrons. The van der Waals surface area contributed by atoms with Crippen LogP contribution in [0.15, 0.2) is 18.7 Å². The Bertz CT molecular complexity index is 396. The van der Waals surface area contributed by atoms with Crippen LogP contribution < -0.4 is 4.57 Å². The van der Waals surface area contributed by atoms with Gasteiger partial charge in [0.15, 0.2) is 0 Å². The number of unbranched alkanes of at least 4 members (excludes halogenated alkanes) is 2. The Labute approximate surface area is 139 Å². The molecule has 0 saturated heterocycles. The summed E-state index contributed by atoms with van der Waals surface area (Å²) in [5.74, 6) is 1.11. The predicted octanol–water partition coefficient (Wildman–Crippen LogP) is 3.62. The van der Waals surface area contributed by atoms with Gasteiger partial charge in [0, 0.05) is 18.8 Å². The molecule has 0 aliphatic rings. The van der Waals surface area contributed by atoms with E-state index in [0.717, 1.165) is 36.1 Å². The van der Waals surface area contributed by atoms with Gasteiger partial charge in [-0.2, -0.15) is 0 Å². The van der Waals surface area contributed by atoms with E-state index in [-0.39, 0.29) is 0 Å². The van der Waals surface area contributed by atoms with Crippen LogP contribution in [0.1, 0.15) is 46.0 Å². The highest BCUT2D eigenvalue weighted by Crippen LogP contribution is 2.13. The third-order valence-electron chi connectivity index (χ3n) is 3.43. The second kappa shape index (κ2) is 11.1. The van der Waals surface area contributed by atoms with E-state index in [1.54, 1.807) is 0 Å². The number of thioether (sulfide) groups is 1. The van der Waals surface area contributed by atoms with Gasteiger partial charge in [0.25, 0.3) is 0 Å². The number of imidazole rings is 1. The fourth-order valence-electron chi connectivity index (χ4n) is 2.12. The van der Waals surface area contributed by atoms with Crippen LogP contribution in [-0.4, -0.2) is 32.6 Å². The first-order valence-corrected chi connectivity index (χ1v) is 9.49. The molecule has 0 saturated carbocycles. The molecule has 5 heteroatoms. The molecule has 21 heavy (non-hydrogen) atoms. The second-order valence-corrected chi connectivity index (χ2v) is 7.21. The summed E-state index contributed by atoms with van der Waals surface area (Å²) in [5.41, 5.74) is 0. The zero-order chi connectivity index (χ0) is 15.5. The molecule has 0 bridgehead atoms. The molecule has 0 amide bonds. The van der Waals surface area contributed by atoms with Crippen molar-refractivity contribution in [3.63, 3.8) is 0 Å². The third-order valence-corrected chi connectivity index (χ3v) is 5.04. The number of nitrogens with zero attached hydrogens (tertiary/aromatic N) is 3. The number of rotatable bonds is 10. The Kier molecular flexibility index (Phi) is 9.76. The molecule has 1 aromatic rings. The second-order valence-electron chi connectivity index (χ2n) is 5.48. The van der Waals surface area contributed by atoms with Crippen LogP contribution in [0.5, 0.6) is 0 Å². The Morgan fingerprint density at radius 1 is 1.19 bits per heavy atom. The first kappa shape index (κ1) is 18.5. The average Bonchev–Trinajstić information content (AvgIpc) is 2.89. The topological polar surface area (TPSA) is 12.1 Å². The summed E-state index contributed by atoms with van der Waals surface area (Å²) < 4.78 is 5.40. The smallest absolute Gasteiger partial charge is 0.243 e. The Hall–Kier alpha value is -0.550. The first-order valence-electron chi connectivity index (χ1n) is 8.10. The molecule has 3 nitrogen and oxygen atoms in total. The Balaban J connectivity index is 2.24. The van der Waals surface area contributed by atoms with Crippen LogP contribution in [0.2, 0.25) is 0 Å². The molecular formula is C16H30N3S2+. The van der Waals surface area contributed by atoms with E-state index in [1.807, 2.05) is 11.8 Å². The van der Waals surface area contributed by atoms with Crippen LogP contribution in [0.3, 0.4) is 0 Å². The van der Waals surface area contributed by atoms with Crippen LogP contribution in [0.25, 0.3) is 0 Å². The van der Waals surface area contributed by atoms with Crippen molar-refractivity contribution < 1.29 is 4.57 Å². The molecule has 0 spiro atoms. The lowest BCUT2D eigenvalue weighted by Crippen LogP contribution is -2.29. The highest BCUT2D eigenvalue weighted by Gasteiger charge is 2.09. The lowest BCUT2D eigenvalue weighted by molar-refractivity contribution is -0.671. The lowest BCUT2D eigenvalue weighted by atomic mass is 10.3. The van der Waals surface area contributed by atoms with Crippen molar-refractivity contribution in [3.8, 4) is 0 Å². The SMILES string of the molecule is CCCCN(CCCC)C(=S)SCCCn1cc[n+](C)c1. The van der Waals surface area contributed by atoms with Crippen LogP contribution in [0.4, 0.5) is 0 Å². The van der Waals surface area contributed by atoms with Crippen molar-refractivity contribution >= 4 is 28.3 Å². The fraction of sp³-hybridized carbons (Fsp3) is 0.750. The zero-order valence-electron chi connectivity index (χ0n) is 13.8. The molecule has 0 N–H and O–H groups in total. The molecule has 0 aliphatic heterocycles. The van der Waals surface area contributed by atoms with Gasteiger partial charge in [0.2, 0.25) is 6.33 Å². The van der Waals surface area contributed by atoms with Crippen LogP contribution >= 0.6 is 24.0 Å². The molecule has 120 valence electrons. The Morgan fingerprint density at radius 3 is 2.38 bits per heavy atom. The highest BCUT2D eigenvalue weighted by atomic mass is 32.2. The minimum absolute atomic E-state index is 1.07. The maximum atomic E-state index is 5.61. The number of aromatic nitrogens is 2. The van der Waals surface area contributed by atoms with Gasteiger partial charge in [0.05, 0.1) is 13.6 Å². The van der Waals surface area contributed by atoms with E-state index in [0.29, 0.717) is 0 Å². The highest BCUT2D eigenvalue weighted by molar-refractivity contribution is 8.22. The van der Waals surface area contributed by atoms with Crippen LogP contribution in [0, 0.1) is 0 Å². The van der Waals surface area contributed by atoms with Gasteiger partial charge >= 0.3 is 0 Å². The molecule has 0 fully saturated rings. The first-order chi connectivity index (χ1) is 10.2. The van der Waals surface area contributed by atoms with Crippen molar-refractivity contribution in [2.75, 3.05) is 18.8 Å². The monoisotopic (exact) mass is 328 g/mol. The largest absolute Gasteiger partial charge is 0.358 e. The summed E-state index contributed by atoms with van der Waals surface area (Å²) >= 11 is 7.46. The maximum Gasteiger partial charge on any atom is 0.243 e. The minimum Gasteiger partial charge on any atom is -0.358 e. The normalized spacial score (nSPS) is 10.8. The number of hydrogen-bond acceptors (Lipinski definition) is 2. The molecule has 0 aliphatic carbocycles. The summed E-state index contributed by atoms with van der Waals surface area (Å²) in [6.45, 7) is 7.79. The summed E-state index contributed by atoms with van der Waals surface area (Å²) in [6.07, 6.45) is 12.4. The van der Waals surface area contributed by atoms with Gasteiger partial charge in [-0.05, 0) is 19.3 Å². The van der Waals surface area contributed by atoms with Gasteiger partial charge in [0.1, 0.15) is 16.7 Å². The lowest BCUT2D eigenvalue weighted by Gasteiger charge is -2.24. The third kappa shape index (κ3) is 7.86. The fourth-order valence-corrected chi connectivity index (χ4v) is 3.37. The number of aryl methyl sites for hydroxylation is 2. The Morgan fingerprint density at radius 2 is 1.86 bits per heavy atom. The molecular weight excluding hydrogens is 298 g/mol. The van der Waals surface area contributed by atoms with E-state index >= 15 is 0 Å². The van der Waals surface area contributed by atoms with Crippen molar-refractivity contribution in [1.29, 1.82) is 0 Å². The van der Waals surface area contributed by atoms with Gasteiger partial charge in [-0.15, -0.1) is 0 Å². The van der Waals surface area contributed by atoms with E-state index in [1.165, 1.54) is 25.7 Å². The van der Waals surface area contributed by atoms with E-state index in [9.17, 15) is 0 Å². The summed E-state index contributed by atoms with van der Waals surface area (Å²) in [6, 6.07) is 0. The molecule has 0 aromatic carbocycles. The molecule has 0 atom stereocenters. The van der Waals surface area contributed by atoms with Gasteiger partial charge in [-0.3, -0.25) is 0 Å². The standard InChI is InChI=1S/C16H30N3S2/c1-4-6-10-19(11-7-5-2)16(20)21-14-8-9-18-13-12-17(3)15-18/h12-13,15H,4-11,14H2,1-3H3/q+1. The molecule has 1 heterocycles. The van der Waals surface area contributed by atoms with E-state index in [2.05, 4.69) is 53.7 Å². The van der Waals surface area contributed by atoms with Crippen molar-refractivity contribution in [3.05, 3.63) is 18.7 Å². The van der Waals surface area contributed by atoms with Gasteiger partial charge < -0.3 is 4.90 Å². The zero-order valence-corrected chi connectivity index (χ0v) is 15.4. The number of thiocarbonyl (C=S) groups is 1. The quantitative estimate of drug-likeness (QED) is 0.370. The molecule has 1 rings (SSSR count). The molecule has 1 aromatic heterocycles. The predicted molar refractivity (Wildman–Crippen MR) is 96.7 cm³/mol. The number of hydrogen-bond donors (Lipinski definition) is 0. The van der Waals surface area contributed by atoms with E-state index in [4.69, 9.17) is 12.2 Å². The van der Waals surface area contributed by atoms with Gasteiger partial charge in [-0.25, -0.2) is 9.13 Å². The van der Waals surface area contributed by atoms with Crippen molar-refractivity contribution in [2.45, 2.75) is 52.5 Å². The maximum absolute atomic E-state index is 5.61. The summed E-state index contributed by atoms with van der Waals surface area (Å²) in [5, 5.41) is 0. The molecule has 0 unspecified atom stereocenters. The van der Waals surface area contributed by atoms with Crippen molar-refractivity contribution in [1.82, 2.24) is 9.47 Å². The van der Waals surface area contributed by atoms with Crippen LogP contribution in [-0.2, 0) is 13.6 Å². The minimum atomic E-state index is 1.07. The summed E-state index contributed by atoms with van der Waals surface area (Å²) in [7, 11) is 2.06. The van der Waals surface area contributed by atoms with Crippen molar-refractivity contribution in [2.24, 2.45) is 7.05 Å². The summed E-state index contributed by atoms with van der Waals surface area (Å²) in [4.78, 5) is 2.41.